The molecule has 18 heavy (non-hydrogen) atoms. The molecule has 0 fully saturated rings. The van der Waals surface area contributed by atoms with Gasteiger partial charge >= 0.3 is 0 Å². The summed E-state index contributed by atoms with van der Waals surface area (Å²) in [5.41, 5.74) is 1.98. The van der Waals surface area contributed by atoms with E-state index in [0.717, 1.165) is 11.3 Å². The lowest BCUT2D eigenvalue weighted by Gasteiger charge is -2.11. The second kappa shape index (κ2) is 5.36. The molecule has 2 rings (SSSR count). The summed E-state index contributed by atoms with van der Waals surface area (Å²) in [6.45, 7) is 1.89. The third-order valence-corrected chi connectivity index (χ3v) is 3.34. The Morgan fingerprint density at radius 3 is 2.83 bits per heavy atom. The van der Waals surface area contributed by atoms with Crippen molar-refractivity contribution < 1.29 is 9.90 Å². The summed E-state index contributed by atoms with van der Waals surface area (Å²) in [5.74, 6) is 0.0915. The first kappa shape index (κ1) is 12.8. The van der Waals surface area contributed by atoms with E-state index in [-0.39, 0.29) is 11.5 Å². The van der Waals surface area contributed by atoms with Gasteiger partial charge in [0.2, 0.25) is 0 Å². The van der Waals surface area contributed by atoms with E-state index in [1.807, 2.05) is 13.0 Å². The summed E-state index contributed by atoms with van der Waals surface area (Å²) in [7, 11) is 0. The number of aliphatic imine (C=N–C) groups is 1. The Bertz CT molecular complexity index is 547. The van der Waals surface area contributed by atoms with Crippen LogP contribution in [-0.4, -0.2) is 17.1 Å². The maximum absolute atomic E-state index is 11.6. The Morgan fingerprint density at radius 1 is 1.39 bits per heavy atom. The number of halogens is 1. The predicted molar refractivity (Wildman–Crippen MR) is 72.9 cm³/mol. The lowest BCUT2D eigenvalue weighted by molar-refractivity contribution is -0.115. The second-order valence-corrected chi connectivity index (χ2v) is 4.74. The first-order chi connectivity index (χ1) is 8.58. The molecule has 0 amide bonds. The second-order valence-electron chi connectivity index (χ2n) is 4.33. The first-order valence-corrected chi connectivity index (χ1v) is 6.21. The van der Waals surface area contributed by atoms with Gasteiger partial charge in [0.25, 0.3) is 0 Å². The molecule has 3 nitrogen and oxygen atoms in total. The van der Waals surface area contributed by atoms with E-state index in [0.29, 0.717) is 29.9 Å². The Kier molecular flexibility index (Phi) is 3.82. The molecule has 0 aromatic heterocycles. The number of carbonyl (C=O) groups excluding carboxylic acids is 1. The molecule has 0 unspecified atom stereocenters. The first-order valence-electron chi connectivity index (χ1n) is 5.83. The van der Waals surface area contributed by atoms with Gasteiger partial charge in [-0.15, -0.1) is 0 Å². The molecule has 4 heteroatoms. The fraction of sp³-hybridized carbons (Fsp3) is 0.286. The van der Waals surface area contributed by atoms with Crippen LogP contribution < -0.4 is 0 Å². The van der Waals surface area contributed by atoms with Crippen LogP contribution in [0.2, 0.25) is 5.02 Å². The number of aliphatic hydroxyl groups is 1. The molecule has 94 valence electrons. The molecule has 1 aromatic carbocycles. The molecule has 0 radical (unpaired) electrons. The Labute approximate surface area is 111 Å². The van der Waals surface area contributed by atoms with Crippen LogP contribution in [0, 0.1) is 6.92 Å². The van der Waals surface area contributed by atoms with Crippen LogP contribution in [0.4, 0.5) is 5.69 Å². The molecule has 1 N–H and O–H groups in total. The van der Waals surface area contributed by atoms with E-state index in [2.05, 4.69) is 4.99 Å². The van der Waals surface area contributed by atoms with E-state index in [9.17, 15) is 9.90 Å². The summed E-state index contributed by atoms with van der Waals surface area (Å²) in [6, 6.07) is 5.38. The average molecular weight is 264 g/mol. The molecule has 1 aromatic rings. The smallest absolute Gasteiger partial charge is 0.167 e. The summed E-state index contributed by atoms with van der Waals surface area (Å²) < 4.78 is 0. The van der Waals surface area contributed by atoms with Gasteiger partial charge in [-0.2, -0.15) is 0 Å². The number of benzene rings is 1. The summed E-state index contributed by atoms with van der Waals surface area (Å²) >= 11 is 5.92. The van der Waals surface area contributed by atoms with Gasteiger partial charge in [-0.05, 0) is 37.1 Å². The predicted octanol–water partition coefficient (Wildman–Crippen LogP) is 3.92. The highest BCUT2D eigenvalue weighted by molar-refractivity contribution is 6.31. The number of rotatable bonds is 2. The lowest BCUT2D eigenvalue weighted by atomic mass is 9.97. The van der Waals surface area contributed by atoms with Gasteiger partial charge in [0, 0.05) is 24.1 Å². The number of ketones is 1. The number of allylic oxidation sites excluding steroid dienone is 2. The van der Waals surface area contributed by atoms with Crippen molar-refractivity contribution in [1.29, 1.82) is 0 Å². The van der Waals surface area contributed by atoms with Gasteiger partial charge in [0.05, 0.1) is 11.3 Å². The van der Waals surface area contributed by atoms with Crippen molar-refractivity contribution in [2.45, 2.75) is 26.2 Å². The Morgan fingerprint density at radius 2 is 2.17 bits per heavy atom. The number of hydrogen-bond donors (Lipinski definition) is 1. The van der Waals surface area contributed by atoms with Crippen molar-refractivity contribution in [3.63, 3.8) is 0 Å². The molecular weight excluding hydrogens is 250 g/mol. The Hall–Kier alpha value is -1.61. The van der Waals surface area contributed by atoms with Crippen LogP contribution >= 0.6 is 11.6 Å². The monoisotopic (exact) mass is 263 g/mol. The van der Waals surface area contributed by atoms with Gasteiger partial charge in [0.1, 0.15) is 5.76 Å². The lowest BCUT2D eigenvalue weighted by Crippen LogP contribution is -2.12. The summed E-state index contributed by atoms with van der Waals surface area (Å²) in [5, 5.41) is 10.3. The van der Waals surface area contributed by atoms with E-state index < -0.39 is 0 Å². The summed E-state index contributed by atoms with van der Waals surface area (Å²) in [4.78, 5) is 15.8. The zero-order chi connectivity index (χ0) is 13.1. The summed E-state index contributed by atoms with van der Waals surface area (Å²) in [6.07, 6.45) is 3.18. The minimum absolute atomic E-state index is 0.0480. The minimum atomic E-state index is -0.0480. The number of carbonyl (C=O) groups is 1. The van der Waals surface area contributed by atoms with Gasteiger partial charge in [0.15, 0.2) is 5.78 Å². The van der Waals surface area contributed by atoms with E-state index in [1.54, 1.807) is 12.1 Å². The van der Waals surface area contributed by atoms with Crippen LogP contribution in [0.5, 0.6) is 0 Å². The maximum atomic E-state index is 11.6. The quantitative estimate of drug-likeness (QED) is 0.822. The zero-order valence-corrected chi connectivity index (χ0v) is 10.9. The van der Waals surface area contributed by atoms with Gasteiger partial charge in [-0.3, -0.25) is 9.79 Å². The highest BCUT2D eigenvalue weighted by Crippen LogP contribution is 2.23. The molecule has 0 aliphatic heterocycles. The van der Waals surface area contributed by atoms with Crippen LogP contribution in [0.25, 0.3) is 0 Å². The average Bonchev–Trinajstić information content (AvgIpc) is 2.33. The molecule has 0 saturated carbocycles. The topological polar surface area (TPSA) is 49.7 Å². The van der Waals surface area contributed by atoms with Crippen molar-refractivity contribution in [3.8, 4) is 0 Å². The zero-order valence-electron chi connectivity index (χ0n) is 10.1. The van der Waals surface area contributed by atoms with Crippen LogP contribution in [0.15, 0.2) is 34.5 Å². The number of nitrogens with zero attached hydrogens (tertiary/aromatic N) is 1. The van der Waals surface area contributed by atoms with E-state index in [4.69, 9.17) is 11.6 Å². The van der Waals surface area contributed by atoms with E-state index >= 15 is 0 Å². The fourth-order valence-electron chi connectivity index (χ4n) is 1.84. The van der Waals surface area contributed by atoms with E-state index in [1.165, 1.54) is 6.21 Å². The van der Waals surface area contributed by atoms with Crippen molar-refractivity contribution in [2.75, 3.05) is 0 Å². The SMILES string of the molecule is Cc1cc(N=CC2=C(O)CCCC2=O)ccc1Cl. The van der Waals surface area contributed by atoms with Crippen LogP contribution in [0.3, 0.4) is 0 Å². The Balaban J connectivity index is 2.25. The minimum Gasteiger partial charge on any atom is -0.512 e. The molecule has 0 bridgehead atoms. The highest BCUT2D eigenvalue weighted by Gasteiger charge is 2.18. The van der Waals surface area contributed by atoms with Crippen molar-refractivity contribution in [2.24, 2.45) is 4.99 Å². The third kappa shape index (κ3) is 2.79. The molecule has 0 heterocycles. The molecule has 0 atom stereocenters. The number of aryl methyl sites for hydroxylation is 1. The molecule has 1 aliphatic carbocycles. The normalized spacial score (nSPS) is 16.7. The molecule has 0 saturated heterocycles. The third-order valence-electron chi connectivity index (χ3n) is 2.91. The number of hydrogen-bond acceptors (Lipinski definition) is 3. The largest absolute Gasteiger partial charge is 0.512 e. The van der Waals surface area contributed by atoms with Crippen molar-refractivity contribution in [3.05, 3.63) is 40.1 Å². The van der Waals surface area contributed by atoms with Crippen LogP contribution in [0.1, 0.15) is 24.8 Å². The van der Waals surface area contributed by atoms with Crippen LogP contribution in [-0.2, 0) is 4.79 Å². The van der Waals surface area contributed by atoms with Gasteiger partial charge < -0.3 is 5.11 Å². The molecular formula is C14H14ClNO2. The molecule has 0 spiro atoms. The molecule has 1 aliphatic rings. The number of Topliss-reactive ketones (excluding diaryl/α,β-unsaturated/α-hetero) is 1. The van der Waals surface area contributed by atoms with Gasteiger partial charge in [-0.25, -0.2) is 0 Å². The maximum Gasteiger partial charge on any atom is 0.167 e. The standard InChI is InChI=1S/C14H14ClNO2/c1-9-7-10(5-6-12(9)15)16-8-11-13(17)3-2-4-14(11)18/h5-8,17H,2-4H2,1H3. The number of aliphatic hydroxyl groups excluding tert-OH is 1. The van der Waals surface area contributed by atoms with Gasteiger partial charge in [-0.1, -0.05) is 11.6 Å². The van der Waals surface area contributed by atoms with Crippen molar-refractivity contribution in [1.82, 2.24) is 0 Å². The fourth-order valence-corrected chi connectivity index (χ4v) is 1.96. The van der Waals surface area contributed by atoms with Crippen molar-refractivity contribution >= 4 is 29.3 Å². The highest BCUT2D eigenvalue weighted by atomic mass is 35.5.